The number of hydrogen-bond donors (Lipinski definition) is 0. The molecule has 0 bridgehead atoms. The predicted molar refractivity (Wildman–Crippen MR) is 166 cm³/mol. The smallest absolute Gasteiger partial charge is 0.184 e. The number of nitrogens with zero attached hydrogens (tertiary/aromatic N) is 1. The number of aromatic nitrogens is 1. The highest BCUT2D eigenvalue weighted by Crippen LogP contribution is 2.17. The molecule has 0 aliphatic rings. The van der Waals surface area contributed by atoms with Gasteiger partial charge < -0.3 is 0 Å². The first kappa shape index (κ1) is 34.2. The van der Waals surface area contributed by atoms with Crippen LogP contribution in [0.4, 0.5) is 0 Å². The van der Waals surface area contributed by atoms with Crippen LogP contribution >= 0.6 is 0 Å². The molecule has 0 saturated heterocycles. The van der Waals surface area contributed by atoms with Crippen molar-refractivity contribution in [2.45, 2.75) is 201 Å². The predicted octanol–water partition coefficient (Wildman–Crippen LogP) is 11.9. The van der Waals surface area contributed by atoms with E-state index in [4.69, 9.17) is 0 Å². The van der Waals surface area contributed by atoms with Crippen LogP contribution in [0.5, 0.6) is 0 Å². The van der Waals surface area contributed by atoms with Crippen LogP contribution in [0.15, 0.2) is 18.3 Å². The van der Waals surface area contributed by atoms with E-state index in [1.807, 2.05) is 0 Å². The third kappa shape index (κ3) is 19.8. The molecule has 0 atom stereocenters. The highest BCUT2D eigenvalue weighted by atomic mass is 15.0. The zero-order valence-corrected chi connectivity index (χ0v) is 26.0. The molecule has 1 aromatic rings. The highest BCUT2D eigenvalue weighted by Gasteiger charge is 2.15. The summed E-state index contributed by atoms with van der Waals surface area (Å²) in [5.74, 6) is 0. The number of pyridine rings is 1. The zero-order valence-electron chi connectivity index (χ0n) is 26.0. The standard InChI is InChI=1S/C36H68N/c1-4-7-10-13-16-19-22-25-28-33-37-34-29-31-35(30-26-23-20-17-14-11-8-5-2)36(37)32-27-24-21-18-15-12-9-6-3/h29,31,34H,4-28,30,32-33H2,1-3H3/q+1. The van der Waals surface area contributed by atoms with Gasteiger partial charge >= 0.3 is 0 Å². The first-order valence-electron chi connectivity index (χ1n) is 17.3. The molecule has 0 unspecified atom stereocenters. The minimum atomic E-state index is 1.23. The first-order valence-corrected chi connectivity index (χ1v) is 17.3. The quantitative estimate of drug-likeness (QED) is 0.0773. The third-order valence-electron chi connectivity index (χ3n) is 8.35. The topological polar surface area (TPSA) is 3.88 Å². The van der Waals surface area contributed by atoms with Gasteiger partial charge in [-0.25, -0.2) is 4.57 Å². The van der Waals surface area contributed by atoms with Crippen molar-refractivity contribution in [1.29, 1.82) is 0 Å². The van der Waals surface area contributed by atoms with Crippen molar-refractivity contribution in [3.05, 3.63) is 29.6 Å². The Kier molecular flexibility index (Phi) is 24.7. The van der Waals surface area contributed by atoms with Gasteiger partial charge in [-0.1, -0.05) is 156 Å². The Morgan fingerprint density at radius 3 is 1.27 bits per heavy atom. The van der Waals surface area contributed by atoms with Crippen LogP contribution in [0.25, 0.3) is 0 Å². The van der Waals surface area contributed by atoms with Crippen LogP contribution in [-0.2, 0) is 19.4 Å². The molecule has 0 N–H and O–H groups in total. The zero-order chi connectivity index (χ0) is 26.7. The van der Waals surface area contributed by atoms with E-state index in [0.717, 1.165) is 0 Å². The van der Waals surface area contributed by atoms with E-state index in [0.29, 0.717) is 0 Å². The molecule has 216 valence electrons. The molecule has 1 heterocycles. The van der Waals surface area contributed by atoms with Gasteiger partial charge in [-0.2, -0.15) is 0 Å². The third-order valence-corrected chi connectivity index (χ3v) is 8.35. The summed E-state index contributed by atoms with van der Waals surface area (Å²) in [6.07, 6.45) is 40.4. The Bertz CT molecular complexity index is 592. The molecule has 37 heavy (non-hydrogen) atoms. The molecule has 0 aromatic carbocycles. The normalized spacial score (nSPS) is 11.4. The van der Waals surface area contributed by atoms with Crippen LogP contribution < -0.4 is 4.57 Å². The molecular formula is C36H68N+. The van der Waals surface area contributed by atoms with Crippen molar-refractivity contribution in [2.24, 2.45) is 0 Å². The van der Waals surface area contributed by atoms with Gasteiger partial charge in [0.2, 0.25) is 0 Å². The first-order chi connectivity index (χ1) is 18.3. The fraction of sp³-hybridized carbons (Fsp3) is 0.861. The highest BCUT2D eigenvalue weighted by molar-refractivity contribution is 5.16. The summed E-state index contributed by atoms with van der Waals surface area (Å²) in [5.41, 5.74) is 3.34. The van der Waals surface area contributed by atoms with E-state index in [1.54, 1.807) is 11.3 Å². The molecule has 1 heteroatoms. The van der Waals surface area contributed by atoms with E-state index in [1.165, 1.54) is 180 Å². The Morgan fingerprint density at radius 1 is 0.432 bits per heavy atom. The monoisotopic (exact) mass is 515 g/mol. The second-order valence-corrected chi connectivity index (χ2v) is 12.0. The molecule has 0 saturated carbocycles. The minimum absolute atomic E-state index is 1.23. The lowest BCUT2D eigenvalue weighted by atomic mass is 9.99. The summed E-state index contributed by atoms with van der Waals surface area (Å²) < 4.78 is 2.66. The summed E-state index contributed by atoms with van der Waals surface area (Å²) in [4.78, 5) is 0. The number of aryl methyl sites for hydroxylation is 2. The number of hydrogen-bond acceptors (Lipinski definition) is 0. The maximum Gasteiger partial charge on any atom is 0.184 e. The van der Waals surface area contributed by atoms with Crippen molar-refractivity contribution >= 4 is 0 Å². The van der Waals surface area contributed by atoms with E-state index >= 15 is 0 Å². The van der Waals surface area contributed by atoms with Crippen molar-refractivity contribution < 1.29 is 4.57 Å². The summed E-state index contributed by atoms with van der Waals surface area (Å²) in [7, 11) is 0. The van der Waals surface area contributed by atoms with Gasteiger partial charge in [-0.05, 0) is 31.7 Å². The van der Waals surface area contributed by atoms with Gasteiger partial charge in [-0.3, -0.25) is 0 Å². The van der Waals surface area contributed by atoms with Gasteiger partial charge in [0.15, 0.2) is 11.9 Å². The Morgan fingerprint density at radius 2 is 0.811 bits per heavy atom. The van der Waals surface area contributed by atoms with Crippen molar-refractivity contribution in [3.63, 3.8) is 0 Å². The summed E-state index contributed by atoms with van der Waals surface area (Å²) in [6, 6.07) is 4.79. The molecule has 0 spiro atoms. The molecule has 1 nitrogen and oxygen atoms in total. The van der Waals surface area contributed by atoms with Crippen LogP contribution in [0.2, 0.25) is 0 Å². The minimum Gasteiger partial charge on any atom is -0.202 e. The van der Waals surface area contributed by atoms with Gasteiger partial charge in [0, 0.05) is 24.5 Å². The molecular weight excluding hydrogens is 446 g/mol. The van der Waals surface area contributed by atoms with Crippen LogP contribution in [-0.4, -0.2) is 0 Å². The maximum atomic E-state index is 2.66. The Labute approximate surface area is 234 Å². The average molecular weight is 515 g/mol. The fourth-order valence-corrected chi connectivity index (χ4v) is 5.84. The van der Waals surface area contributed by atoms with Crippen molar-refractivity contribution in [2.75, 3.05) is 0 Å². The Hall–Kier alpha value is -0.850. The molecule has 1 rings (SSSR count). The number of rotatable bonds is 28. The lowest BCUT2D eigenvalue weighted by Gasteiger charge is -2.10. The summed E-state index contributed by atoms with van der Waals surface area (Å²) in [6.45, 7) is 8.17. The maximum absolute atomic E-state index is 2.66. The second-order valence-electron chi connectivity index (χ2n) is 12.0. The molecule has 0 amide bonds. The molecule has 0 fully saturated rings. The Balaban J connectivity index is 2.45. The van der Waals surface area contributed by atoms with Gasteiger partial charge in [0.1, 0.15) is 6.54 Å². The molecule has 0 aliphatic heterocycles. The molecule has 0 aliphatic carbocycles. The van der Waals surface area contributed by atoms with Crippen molar-refractivity contribution in [1.82, 2.24) is 0 Å². The summed E-state index contributed by atoms with van der Waals surface area (Å²) >= 11 is 0. The fourth-order valence-electron chi connectivity index (χ4n) is 5.84. The second kappa shape index (κ2) is 26.7. The van der Waals surface area contributed by atoms with Gasteiger partial charge in [-0.15, -0.1) is 0 Å². The average Bonchev–Trinajstić information content (AvgIpc) is 2.91. The van der Waals surface area contributed by atoms with E-state index in [-0.39, 0.29) is 0 Å². The largest absolute Gasteiger partial charge is 0.202 e. The SMILES string of the molecule is CCCCCCCCCCC[n+]1cccc(CCCCCCCCCC)c1CCCCCCCCCC. The number of unbranched alkanes of at least 4 members (excludes halogenated alkanes) is 22. The molecule has 0 radical (unpaired) electrons. The van der Waals surface area contributed by atoms with E-state index < -0.39 is 0 Å². The van der Waals surface area contributed by atoms with E-state index in [2.05, 4.69) is 43.7 Å². The van der Waals surface area contributed by atoms with Crippen molar-refractivity contribution in [3.8, 4) is 0 Å². The van der Waals surface area contributed by atoms with Crippen LogP contribution in [0, 0.1) is 0 Å². The lowest BCUT2D eigenvalue weighted by molar-refractivity contribution is -0.705. The van der Waals surface area contributed by atoms with E-state index in [9.17, 15) is 0 Å². The van der Waals surface area contributed by atoms with Crippen LogP contribution in [0.3, 0.4) is 0 Å². The molecule has 1 aromatic heterocycles. The summed E-state index contributed by atoms with van der Waals surface area (Å²) in [5, 5.41) is 0. The van der Waals surface area contributed by atoms with Gasteiger partial charge in [0.25, 0.3) is 0 Å². The van der Waals surface area contributed by atoms with Gasteiger partial charge in [0.05, 0.1) is 0 Å². The lowest BCUT2D eigenvalue weighted by Crippen LogP contribution is -2.39. The van der Waals surface area contributed by atoms with Crippen LogP contribution in [0.1, 0.15) is 193 Å².